The van der Waals surface area contributed by atoms with Crippen molar-refractivity contribution < 1.29 is 9.53 Å². The fourth-order valence-corrected chi connectivity index (χ4v) is 5.36. The van der Waals surface area contributed by atoms with Crippen LogP contribution in [-0.4, -0.2) is 53.5 Å². The molecule has 0 saturated carbocycles. The van der Waals surface area contributed by atoms with Crippen LogP contribution in [0.4, 0.5) is 5.82 Å². The molecule has 1 aromatic heterocycles. The van der Waals surface area contributed by atoms with Crippen LogP contribution in [0.5, 0.6) is 0 Å². The third kappa shape index (κ3) is 7.15. The first-order valence-electron chi connectivity index (χ1n) is 14.0. The van der Waals surface area contributed by atoms with Gasteiger partial charge in [-0.1, -0.05) is 55.8 Å². The van der Waals surface area contributed by atoms with Crippen molar-refractivity contribution in [2.75, 3.05) is 37.6 Å². The molecule has 4 rings (SSSR count). The van der Waals surface area contributed by atoms with Gasteiger partial charge in [0.25, 0.3) is 0 Å². The molecule has 2 N–H and O–H groups in total. The number of hydrogen-bond donors (Lipinski definition) is 1. The van der Waals surface area contributed by atoms with Crippen LogP contribution in [0.1, 0.15) is 56.0 Å². The molecular formula is C32H43N5O2. The van der Waals surface area contributed by atoms with Crippen molar-refractivity contribution in [3.05, 3.63) is 75.7 Å². The first-order valence-corrected chi connectivity index (χ1v) is 14.0. The summed E-state index contributed by atoms with van der Waals surface area (Å²) in [6.07, 6.45) is 8.52. The molecular weight excluding hydrogens is 486 g/mol. The zero-order valence-corrected chi connectivity index (χ0v) is 24.4. The Morgan fingerprint density at radius 3 is 2.36 bits per heavy atom. The molecule has 1 aliphatic heterocycles. The zero-order valence-electron chi connectivity index (χ0n) is 24.4. The molecule has 7 heteroatoms. The molecule has 1 amide bonds. The number of primary amides is 1. The van der Waals surface area contributed by atoms with Gasteiger partial charge >= 0.3 is 0 Å². The van der Waals surface area contributed by atoms with E-state index in [1.165, 1.54) is 5.57 Å². The van der Waals surface area contributed by atoms with Gasteiger partial charge in [0.1, 0.15) is 18.2 Å². The number of nitrogens with zero attached hydrogens (tertiary/aromatic N) is 4. The second kappa shape index (κ2) is 12.6. The topological polar surface area (TPSA) is 84.6 Å². The Labute approximate surface area is 233 Å². The van der Waals surface area contributed by atoms with E-state index >= 15 is 0 Å². The molecule has 208 valence electrons. The lowest BCUT2D eigenvalue weighted by molar-refractivity contribution is -0.119. The van der Waals surface area contributed by atoms with Crippen LogP contribution in [0.25, 0.3) is 11.4 Å². The number of ether oxygens (including phenoxy) is 1. The van der Waals surface area contributed by atoms with Crippen LogP contribution in [-0.2, 0) is 16.1 Å². The molecule has 2 aromatic rings. The molecule has 7 nitrogen and oxygen atoms in total. The second-order valence-corrected chi connectivity index (χ2v) is 11.2. The van der Waals surface area contributed by atoms with Gasteiger partial charge in [0, 0.05) is 38.2 Å². The molecule has 0 atom stereocenters. The molecule has 1 aromatic carbocycles. The number of carbonyl (C=O) groups is 1. The third-order valence-electron chi connectivity index (χ3n) is 7.52. The minimum atomic E-state index is -0.292. The van der Waals surface area contributed by atoms with Crippen LogP contribution in [0.3, 0.4) is 0 Å². The fourth-order valence-electron chi connectivity index (χ4n) is 5.36. The maximum Gasteiger partial charge on any atom is 0.231 e. The fraction of sp³-hybridized carbons (Fsp3) is 0.469. The van der Waals surface area contributed by atoms with Crippen molar-refractivity contribution in [2.45, 2.75) is 61.0 Å². The second-order valence-electron chi connectivity index (χ2n) is 11.2. The maximum absolute atomic E-state index is 11.5. The van der Waals surface area contributed by atoms with E-state index in [0.29, 0.717) is 12.5 Å². The van der Waals surface area contributed by atoms with E-state index in [1.54, 1.807) is 0 Å². The van der Waals surface area contributed by atoms with E-state index in [1.807, 2.05) is 0 Å². The summed E-state index contributed by atoms with van der Waals surface area (Å²) in [5, 5.41) is 0. The van der Waals surface area contributed by atoms with E-state index in [-0.39, 0.29) is 12.5 Å². The van der Waals surface area contributed by atoms with E-state index in [0.717, 1.165) is 89.9 Å². The average Bonchev–Trinajstić information content (AvgIpc) is 3.04. The Hall–Kier alpha value is -3.45. The van der Waals surface area contributed by atoms with E-state index in [4.69, 9.17) is 20.4 Å². The molecule has 0 unspecified atom stereocenters. The Morgan fingerprint density at radius 2 is 1.72 bits per heavy atom. The Bertz CT molecular complexity index is 1280. The largest absolute Gasteiger partial charge is 0.492 e. The van der Waals surface area contributed by atoms with Crippen LogP contribution in [0, 0.1) is 26.7 Å². The lowest BCUT2D eigenvalue weighted by Crippen LogP contribution is -2.49. The number of rotatable bonds is 9. The summed E-state index contributed by atoms with van der Waals surface area (Å²) in [4.78, 5) is 26.0. The highest BCUT2D eigenvalue weighted by atomic mass is 16.5. The molecule has 39 heavy (non-hydrogen) atoms. The third-order valence-corrected chi connectivity index (χ3v) is 7.52. The standard InChI is InChI=1S/C32H43N5O2/c1-21(2)18-26-11-10-22(3)28(13-12-26)39-20-27-25(6)34-31(30-23(4)8-7-9-24(30)5)35-32(27)37-16-14-36(15-17-37)19-29(33)38/h7-12,21H,13-20H2,1-6H3,(H2,33,38). The van der Waals surface area contributed by atoms with Crippen LogP contribution in [0.2, 0.25) is 0 Å². The minimum absolute atomic E-state index is 0.285. The molecule has 1 saturated heterocycles. The summed E-state index contributed by atoms with van der Waals surface area (Å²) < 4.78 is 6.50. The number of nitrogens with two attached hydrogens (primary N) is 1. The molecule has 0 radical (unpaired) electrons. The van der Waals surface area contributed by atoms with Crippen LogP contribution in [0.15, 0.2) is 53.3 Å². The van der Waals surface area contributed by atoms with Crippen molar-refractivity contribution in [3.8, 4) is 11.4 Å². The molecule has 1 fully saturated rings. The number of hydrogen-bond acceptors (Lipinski definition) is 6. The van der Waals surface area contributed by atoms with Crippen molar-refractivity contribution >= 4 is 11.7 Å². The molecule has 0 spiro atoms. The van der Waals surface area contributed by atoms with Gasteiger partial charge in [-0.3, -0.25) is 9.69 Å². The maximum atomic E-state index is 11.5. The van der Waals surface area contributed by atoms with E-state index in [9.17, 15) is 4.79 Å². The Morgan fingerprint density at radius 1 is 1.03 bits per heavy atom. The average molecular weight is 530 g/mol. The quantitative estimate of drug-likeness (QED) is 0.468. The number of aryl methyl sites for hydroxylation is 3. The summed E-state index contributed by atoms with van der Waals surface area (Å²) in [6.45, 7) is 16.6. The Balaban J connectivity index is 1.64. The number of carbonyl (C=O) groups excluding carboxylic acids is 1. The molecule has 2 heterocycles. The highest BCUT2D eigenvalue weighted by Gasteiger charge is 2.25. The van der Waals surface area contributed by atoms with Gasteiger partial charge in [0.05, 0.1) is 17.8 Å². The summed E-state index contributed by atoms with van der Waals surface area (Å²) in [5.74, 6) is 2.97. The molecule has 1 aliphatic carbocycles. The van der Waals surface area contributed by atoms with Gasteiger partial charge in [-0.05, 0) is 56.7 Å². The van der Waals surface area contributed by atoms with Crippen molar-refractivity contribution in [1.82, 2.24) is 14.9 Å². The minimum Gasteiger partial charge on any atom is -0.492 e. The molecule has 2 aliphatic rings. The van der Waals surface area contributed by atoms with Gasteiger partial charge in [0.15, 0.2) is 5.82 Å². The van der Waals surface area contributed by atoms with Crippen LogP contribution < -0.4 is 10.6 Å². The smallest absolute Gasteiger partial charge is 0.231 e. The number of aromatic nitrogens is 2. The van der Waals surface area contributed by atoms with Crippen LogP contribution >= 0.6 is 0 Å². The number of benzene rings is 1. The van der Waals surface area contributed by atoms with Gasteiger partial charge in [0.2, 0.25) is 5.91 Å². The van der Waals surface area contributed by atoms with Gasteiger partial charge in [-0.25, -0.2) is 9.97 Å². The lowest BCUT2D eigenvalue weighted by atomic mass is 10.0. The highest BCUT2D eigenvalue weighted by molar-refractivity contribution is 5.76. The number of amides is 1. The zero-order chi connectivity index (χ0) is 28.1. The van der Waals surface area contributed by atoms with Crippen molar-refractivity contribution in [1.29, 1.82) is 0 Å². The first-order chi connectivity index (χ1) is 18.6. The van der Waals surface area contributed by atoms with E-state index < -0.39 is 0 Å². The highest BCUT2D eigenvalue weighted by Crippen LogP contribution is 2.31. The van der Waals surface area contributed by atoms with Crippen molar-refractivity contribution in [3.63, 3.8) is 0 Å². The summed E-state index contributed by atoms with van der Waals surface area (Å²) >= 11 is 0. The molecule has 0 bridgehead atoms. The predicted octanol–water partition coefficient (Wildman–Crippen LogP) is 5.40. The van der Waals surface area contributed by atoms with Crippen molar-refractivity contribution in [2.24, 2.45) is 11.7 Å². The lowest BCUT2D eigenvalue weighted by Gasteiger charge is -2.36. The van der Waals surface area contributed by atoms with E-state index in [2.05, 4.69) is 87.8 Å². The first kappa shape index (κ1) is 28.6. The number of piperazine rings is 1. The predicted molar refractivity (Wildman–Crippen MR) is 158 cm³/mol. The van der Waals surface area contributed by atoms with Gasteiger partial charge in [-0.15, -0.1) is 0 Å². The summed E-state index contributed by atoms with van der Waals surface area (Å²) in [5.41, 5.74) is 13.3. The van der Waals surface area contributed by atoms with Gasteiger partial charge < -0.3 is 15.4 Å². The SMILES string of the molecule is CC1=C(OCc2c(C)nc(-c3c(C)cccc3C)nc2N2CCN(CC(N)=O)CC2)CC=C(CC(C)C)C=C1. The summed E-state index contributed by atoms with van der Waals surface area (Å²) in [6, 6.07) is 6.28. The Kier molecular flexibility index (Phi) is 9.23. The number of allylic oxidation sites excluding steroid dienone is 5. The van der Waals surface area contributed by atoms with Gasteiger partial charge in [-0.2, -0.15) is 0 Å². The normalized spacial score (nSPS) is 16.5. The number of anilines is 1. The summed E-state index contributed by atoms with van der Waals surface area (Å²) in [7, 11) is 0. The monoisotopic (exact) mass is 529 g/mol.